The third kappa shape index (κ3) is 4.30. The van der Waals surface area contributed by atoms with Crippen LogP contribution in [0.2, 0.25) is 0 Å². The predicted molar refractivity (Wildman–Crippen MR) is 110 cm³/mol. The molecule has 7 heteroatoms. The van der Waals surface area contributed by atoms with Gasteiger partial charge in [-0.2, -0.15) is 13.2 Å². The monoisotopic (exact) mass is 411 g/mol. The molecule has 0 saturated carbocycles. The topological polar surface area (TPSA) is 37.8 Å². The van der Waals surface area contributed by atoms with Crippen LogP contribution in [0.5, 0.6) is 0 Å². The molecule has 2 aromatic heterocycles. The van der Waals surface area contributed by atoms with Crippen LogP contribution in [0.15, 0.2) is 79.1 Å². The average molecular weight is 411 g/mol. The van der Waals surface area contributed by atoms with Crippen LogP contribution >= 0.6 is 11.3 Å². The number of benzene rings is 2. The molecule has 1 N–H and O–H groups in total. The summed E-state index contributed by atoms with van der Waals surface area (Å²) in [7, 11) is 0. The molecule has 29 heavy (non-hydrogen) atoms. The van der Waals surface area contributed by atoms with Crippen molar-refractivity contribution < 1.29 is 13.2 Å². The Balaban J connectivity index is 1.66. The van der Waals surface area contributed by atoms with Gasteiger partial charge >= 0.3 is 6.18 Å². The molecular formula is C22H16F3N3S. The largest absolute Gasteiger partial charge is 0.417 e. The van der Waals surface area contributed by atoms with Crippen molar-refractivity contribution in [3.05, 3.63) is 90.3 Å². The summed E-state index contributed by atoms with van der Waals surface area (Å²) in [4.78, 5) is 9.38. The number of rotatable bonds is 5. The second kappa shape index (κ2) is 8.05. The van der Waals surface area contributed by atoms with Gasteiger partial charge < -0.3 is 5.32 Å². The van der Waals surface area contributed by atoms with E-state index in [4.69, 9.17) is 0 Å². The van der Waals surface area contributed by atoms with Gasteiger partial charge in [0, 0.05) is 30.1 Å². The maximum Gasteiger partial charge on any atom is 0.417 e. The van der Waals surface area contributed by atoms with Crippen molar-refractivity contribution in [2.24, 2.45) is 0 Å². The smallest absolute Gasteiger partial charge is 0.357 e. The van der Waals surface area contributed by atoms with E-state index in [1.807, 2.05) is 30.3 Å². The Morgan fingerprint density at radius 3 is 2.34 bits per heavy atom. The van der Waals surface area contributed by atoms with Crippen LogP contribution in [-0.2, 0) is 12.7 Å². The molecule has 2 heterocycles. The number of aromatic nitrogens is 2. The molecule has 0 spiro atoms. The van der Waals surface area contributed by atoms with Crippen LogP contribution in [0.4, 0.5) is 18.3 Å². The Morgan fingerprint density at radius 1 is 0.828 bits per heavy atom. The second-order valence-electron chi connectivity index (χ2n) is 6.31. The third-order valence-electron chi connectivity index (χ3n) is 4.35. The minimum Gasteiger partial charge on any atom is -0.357 e. The summed E-state index contributed by atoms with van der Waals surface area (Å²) in [6.45, 7) is 0.616. The van der Waals surface area contributed by atoms with Crippen molar-refractivity contribution in [1.82, 2.24) is 9.97 Å². The summed E-state index contributed by atoms with van der Waals surface area (Å²) in [5, 5.41) is 3.95. The molecule has 0 aliphatic heterocycles. The number of nitrogens with one attached hydrogen (secondary N) is 1. The molecule has 4 aromatic rings. The lowest BCUT2D eigenvalue weighted by atomic mass is 9.99. The Labute approximate surface area is 169 Å². The van der Waals surface area contributed by atoms with Gasteiger partial charge in [0.25, 0.3) is 0 Å². The molecule has 4 rings (SSSR count). The Hall–Kier alpha value is -3.19. The standard InChI is InChI=1S/C22H16F3N3S/c23-22(24,25)18-11-5-4-9-16(18)20-17(10-6-12-26-20)19-14-28-21(29-19)27-13-15-7-2-1-3-8-15/h1-12,14H,13H2,(H,27,28). The fourth-order valence-corrected chi connectivity index (χ4v) is 3.85. The zero-order valence-electron chi connectivity index (χ0n) is 15.1. The van der Waals surface area contributed by atoms with Crippen LogP contribution in [0.1, 0.15) is 11.1 Å². The number of anilines is 1. The highest BCUT2D eigenvalue weighted by Gasteiger charge is 2.34. The summed E-state index contributed by atoms with van der Waals surface area (Å²) >= 11 is 1.38. The summed E-state index contributed by atoms with van der Waals surface area (Å²) in [6.07, 6.45) is -1.29. The van der Waals surface area contributed by atoms with Gasteiger partial charge in [-0.1, -0.05) is 59.9 Å². The highest BCUT2D eigenvalue weighted by Crippen LogP contribution is 2.41. The Kier molecular flexibility index (Phi) is 5.31. The molecule has 0 atom stereocenters. The van der Waals surface area contributed by atoms with Crippen LogP contribution in [0.25, 0.3) is 21.7 Å². The van der Waals surface area contributed by atoms with Crippen LogP contribution in [0.3, 0.4) is 0 Å². The molecule has 3 nitrogen and oxygen atoms in total. The minimum atomic E-state index is -4.46. The molecule has 0 amide bonds. The van der Waals surface area contributed by atoms with Crippen molar-refractivity contribution in [2.45, 2.75) is 12.7 Å². The van der Waals surface area contributed by atoms with E-state index in [-0.39, 0.29) is 5.56 Å². The molecular weight excluding hydrogens is 395 g/mol. The summed E-state index contributed by atoms with van der Waals surface area (Å²) in [6, 6.07) is 18.9. The lowest BCUT2D eigenvalue weighted by Crippen LogP contribution is -2.07. The summed E-state index contributed by atoms with van der Waals surface area (Å²) in [5.74, 6) is 0. The highest BCUT2D eigenvalue weighted by molar-refractivity contribution is 7.18. The quantitative estimate of drug-likeness (QED) is 0.407. The molecule has 0 aliphatic rings. The van der Waals surface area contributed by atoms with Gasteiger partial charge in [-0.25, -0.2) is 4.98 Å². The van der Waals surface area contributed by atoms with E-state index in [0.29, 0.717) is 22.9 Å². The first-order chi connectivity index (χ1) is 14.0. The van der Waals surface area contributed by atoms with Crippen molar-refractivity contribution >= 4 is 16.5 Å². The van der Waals surface area contributed by atoms with E-state index < -0.39 is 11.7 Å². The van der Waals surface area contributed by atoms with E-state index in [1.165, 1.54) is 29.7 Å². The number of hydrogen-bond acceptors (Lipinski definition) is 4. The third-order valence-corrected chi connectivity index (χ3v) is 5.34. The van der Waals surface area contributed by atoms with Crippen molar-refractivity contribution in [2.75, 3.05) is 5.32 Å². The van der Waals surface area contributed by atoms with Gasteiger partial charge in [0.05, 0.1) is 16.1 Å². The average Bonchev–Trinajstić information content (AvgIpc) is 3.21. The molecule has 0 fully saturated rings. The van der Waals surface area contributed by atoms with Gasteiger partial charge in [-0.05, 0) is 23.8 Å². The predicted octanol–water partition coefficient (Wildman–Crippen LogP) is 6.50. The zero-order valence-corrected chi connectivity index (χ0v) is 16.0. The first-order valence-corrected chi connectivity index (χ1v) is 9.69. The van der Waals surface area contributed by atoms with Crippen molar-refractivity contribution in [3.63, 3.8) is 0 Å². The molecule has 0 saturated heterocycles. The van der Waals surface area contributed by atoms with Crippen molar-refractivity contribution in [1.29, 1.82) is 0 Å². The Bertz CT molecular complexity index is 1110. The van der Waals surface area contributed by atoms with Crippen LogP contribution < -0.4 is 5.32 Å². The first-order valence-electron chi connectivity index (χ1n) is 8.88. The Morgan fingerprint density at radius 2 is 1.55 bits per heavy atom. The van der Waals surface area contributed by atoms with E-state index >= 15 is 0 Å². The SMILES string of the molecule is FC(F)(F)c1ccccc1-c1ncccc1-c1cnc(NCc2ccccc2)s1. The molecule has 146 valence electrons. The number of nitrogens with zero attached hydrogens (tertiary/aromatic N) is 2. The molecule has 2 aromatic carbocycles. The number of pyridine rings is 1. The maximum atomic E-state index is 13.5. The second-order valence-corrected chi connectivity index (χ2v) is 7.34. The minimum absolute atomic E-state index is 0.0581. The van der Waals surface area contributed by atoms with Gasteiger partial charge in [0.1, 0.15) is 0 Å². The van der Waals surface area contributed by atoms with Gasteiger partial charge in [0.2, 0.25) is 0 Å². The van der Waals surface area contributed by atoms with Crippen molar-refractivity contribution in [3.8, 4) is 21.7 Å². The maximum absolute atomic E-state index is 13.5. The molecule has 0 unspecified atom stereocenters. The zero-order chi connectivity index (χ0) is 20.3. The highest BCUT2D eigenvalue weighted by atomic mass is 32.1. The number of thiazole rings is 1. The van der Waals surface area contributed by atoms with E-state index in [9.17, 15) is 13.2 Å². The van der Waals surface area contributed by atoms with E-state index in [1.54, 1.807) is 24.4 Å². The first kappa shape index (κ1) is 19.1. The lowest BCUT2D eigenvalue weighted by molar-refractivity contribution is -0.137. The van der Waals surface area contributed by atoms with E-state index in [2.05, 4.69) is 15.3 Å². The van der Waals surface area contributed by atoms with Gasteiger partial charge in [-0.3, -0.25) is 4.98 Å². The van der Waals surface area contributed by atoms with E-state index in [0.717, 1.165) is 16.5 Å². The fourth-order valence-electron chi connectivity index (χ4n) is 3.01. The van der Waals surface area contributed by atoms with Gasteiger partial charge in [0.15, 0.2) is 5.13 Å². The van der Waals surface area contributed by atoms with Crippen LogP contribution in [-0.4, -0.2) is 9.97 Å². The lowest BCUT2D eigenvalue weighted by Gasteiger charge is -2.14. The fraction of sp³-hybridized carbons (Fsp3) is 0.0909. The summed E-state index contributed by atoms with van der Waals surface area (Å²) < 4.78 is 40.5. The molecule has 0 aliphatic carbocycles. The normalized spacial score (nSPS) is 11.4. The number of hydrogen-bond donors (Lipinski definition) is 1. The van der Waals surface area contributed by atoms with Gasteiger partial charge in [-0.15, -0.1) is 0 Å². The molecule has 0 radical (unpaired) electrons. The number of halogens is 3. The summed E-state index contributed by atoms with van der Waals surface area (Å²) in [5.41, 5.74) is 1.38. The number of alkyl halides is 3. The van der Waals surface area contributed by atoms with Crippen LogP contribution in [0, 0.1) is 0 Å². The molecule has 0 bridgehead atoms.